The minimum Gasteiger partial charge on any atom is -0.497 e. The first-order valence-corrected chi connectivity index (χ1v) is 10.4. The van der Waals surface area contributed by atoms with Crippen LogP contribution in [0.4, 0.5) is 15.9 Å². The molecule has 0 fully saturated rings. The maximum Gasteiger partial charge on any atom is 0.337 e. The molecule has 0 spiro atoms. The summed E-state index contributed by atoms with van der Waals surface area (Å²) in [4.78, 5) is 11.9. The number of rotatable bonds is 6. The molecule has 2 heterocycles. The normalized spacial score (nSPS) is 10.8. The van der Waals surface area contributed by atoms with E-state index in [0.717, 1.165) is 22.6 Å². The van der Waals surface area contributed by atoms with Crippen molar-refractivity contribution in [3.8, 4) is 22.6 Å². The number of carboxylic acid groups (broad SMARTS) is 1. The monoisotopic (exact) mass is 437 g/mol. The summed E-state index contributed by atoms with van der Waals surface area (Å²) in [7, 11) is 1.48. The summed E-state index contributed by atoms with van der Waals surface area (Å²) >= 11 is 1.00. The van der Waals surface area contributed by atoms with Crippen LogP contribution in [0.3, 0.4) is 0 Å². The average Bonchev–Trinajstić information content (AvgIpc) is 3.31. The molecule has 0 atom stereocenters. The van der Waals surface area contributed by atoms with Crippen LogP contribution in [-0.4, -0.2) is 28.0 Å². The molecule has 0 amide bonds. The van der Waals surface area contributed by atoms with Gasteiger partial charge in [0.05, 0.1) is 29.7 Å². The van der Waals surface area contributed by atoms with E-state index in [0.29, 0.717) is 34.1 Å². The molecular weight excluding hydrogens is 417 g/mol. The SMILES string of the molecule is COc1ccc(Nc2c(-c3csc(F)c3)c(C)nn2-c2ccccc2C)c(C(=O)O)c1. The Morgan fingerprint density at radius 1 is 1.19 bits per heavy atom. The topological polar surface area (TPSA) is 76.4 Å². The number of ether oxygens (including phenoxy) is 1. The van der Waals surface area contributed by atoms with Gasteiger partial charge in [-0.1, -0.05) is 18.2 Å². The summed E-state index contributed by atoms with van der Waals surface area (Å²) in [5, 5.41) is 19.1. The number of nitrogens with one attached hydrogen (secondary N) is 1. The van der Waals surface area contributed by atoms with Gasteiger partial charge in [-0.3, -0.25) is 0 Å². The Morgan fingerprint density at radius 3 is 2.61 bits per heavy atom. The fraction of sp³-hybridized carbons (Fsp3) is 0.130. The Hall–Kier alpha value is -3.65. The van der Waals surface area contributed by atoms with Gasteiger partial charge in [0.2, 0.25) is 0 Å². The Kier molecular flexibility index (Phi) is 5.48. The Balaban J connectivity index is 1.94. The highest BCUT2D eigenvalue weighted by molar-refractivity contribution is 7.08. The number of methoxy groups -OCH3 is 1. The zero-order chi connectivity index (χ0) is 22.1. The average molecular weight is 437 g/mol. The summed E-state index contributed by atoms with van der Waals surface area (Å²) in [6, 6.07) is 14.0. The van der Waals surface area contributed by atoms with E-state index >= 15 is 0 Å². The van der Waals surface area contributed by atoms with Gasteiger partial charge in [-0.25, -0.2) is 9.48 Å². The number of hydrogen-bond acceptors (Lipinski definition) is 5. The number of aromatic carboxylic acids is 1. The standard InChI is InChI=1S/C23H20FN3O3S/c1-13-6-4-5-7-19(13)27-22(21(14(2)26-27)15-10-20(24)31-12-15)25-18-9-8-16(30-3)11-17(18)23(28)29/h4-12,25H,1-3H3,(H,28,29). The van der Waals surface area contributed by atoms with Crippen LogP contribution in [0.25, 0.3) is 16.8 Å². The fourth-order valence-corrected chi connectivity index (χ4v) is 4.09. The van der Waals surface area contributed by atoms with Crippen molar-refractivity contribution in [2.75, 3.05) is 12.4 Å². The molecule has 0 unspecified atom stereocenters. The Labute approximate surface area is 182 Å². The molecule has 158 valence electrons. The van der Waals surface area contributed by atoms with Crippen molar-refractivity contribution in [1.29, 1.82) is 0 Å². The Morgan fingerprint density at radius 2 is 1.97 bits per heavy atom. The molecule has 31 heavy (non-hydrogen) atoms. The molecular formula is C23H20FN3O3S. The second-order valence-corrected chi connectivity index (χ2v) is 7.85. The van der Waals surface area contributed by atoms with Crippen LogP contribution < -0.4 is 10.1 Å². The molecule has 0 saturated heterocycles. The van der Waals surface area contributed by atoms with Crippen molar-refractivity contribution in [3.63, 3.8) is 0 Å². The summed E-state index contributed by atoms with van der Waals surface area (Å²) in [6.07, 6.45) is 0. The molecule has 6 nitrogen and oxygen atoms in total. The van der Waals surface area contributed by atoms with Gasteiger partial charge in [0.15, 0.2) is 5.13 Å². The minimum atomic E-state index is -1.09. The van der Waals surface area contributed by atoms with E-state index in [9.17, 15) is 14.3 Å². The van der Waals surface area contributed by atoms with Crippen molar-refractivity contribution in [3.05, 3.63) is 75.9 Å². The predicted molar refractivity (Wildman–Crippen MR) is 120 cm³/mol. The molecule has 0 aliphatic carbocycles. The third-order valence-corrected chi connectivity index (χ3v) is 5.69. The van der Waals surface area contributed by atoms with Gasteiger partial charge in [-0.05, 0) is 49.7 Å². The summed E-state index contributed by atoms with van der Waals surface area (Å²) in [6.45, 7) is 3.81. The molecule has 2 N–H and O–H groups in total. The van der Waals surface area contributed by atoms with Crippen LogP contribution in [0.2, 0.25) is 0 Å². The first-order chi connectivity index (χ1) is 14.9. The summed E-state index contributed by atoms with van der Waals surface area (Å²) < 4.78 is 20.7. The van der Waals surface area contributed by atoms with Crippen molar-refractivity contribution >= 4 is 28.8 Å². The van der Waals surface area contributed by atoms with Crippen LogP contribution in [0, 0.1) is 19.0 Å². The fourth-order valence-electron chi connectivity index (χ4n) is 3.47. The third-order valence-electron chi connectivity index (χ3n) is 4.97. The van der Waals surface area contributed by atoms with E-state index in [4.69, 9.17) is 9.84 Å². The van der Waals surface area contributed by atoms with E-state index in [1.54, 1.807) is 22.2 Å². The van der Waals surface area contributed by atoms with Crippen LogP contribution in [-0.2, 0) is 0 Å². The number of nitrogens with zero attached hydrogens (tertiary/aromatic N) is 2. The van der Waals surface area contributed by atoms with Gasteiger partial charge in [0.25, 0.3) is 0 Å². The van der Waals surface area contributed by atoms with Gasteiger partial charge >= 0.3 is 5.97 Å². The molecule has 0 aliphatic rings. The lowest BCUT2D eigenvalue weighted by Crippen LogP contribution is -2.08. The van der Waals surface area contributed by atoms with Gasteiger partial charge in [0, 0.05) is 16.5 Å². The highest BCUT2D eigenvalue weighted by Gasteiger charge is 2.22. The lowest BCUT2D eigenvalue weighted by Gasteiger charge is -2.15. The largest absolute Gasteiger partial charge is 0.497 e. The number of para-hydroxylation sites is 1. The lowest BCUT2D eigenvalue weighted by molar-refractivity contribution is 0.0697. The first kappa shape index (κ1) is 20.6. The highest BCUT2D eigenvalue weighted by atomic mass is 32.1. The van der Waals surface area contributed by atoms with Crippen molar-refractivity contribution in [2.24, 2.45) is 0 Å². The molecule has 2 aromatic heterocycles. The van der Waals surface area contributed by atoms with Gasteiger partial charge in [-0.15, -0.1) is 11.3 Å². The maximum atomic E-state index is 13.8. The number of aromatic nitrogens is 2. The lowest BCUT2D eigenvalue weighted by atomic mass is 10.1. The number of hydrogen-bond donors (Lipinski definition) is 2. The zero-order valence-corrected chi connectivity index (χ0v) is 18.0. The number of carboxylic acids is 1. The second-order valence-electron chi connectivity index (χ2n) is 6.99. The van der Waals surface area contributed by atoms with Gasteiger partial charge < -0.3 is 15.2 Å². The van der Waals surface area contributed by atoms with Crippen LogP contribution in [0.1, 0.15) is 21.6 Å². The molecule has 4 rings (SSSR count). The number of benzene rings is 2. The van der Waals surface area contributed by atoms with E-state index in [2.05, 4.69) is 5.32 Å². The molecule has 8 heteroatoms. The third kappa shape index (κ3) is 3.89. The zero-order valence-electron chi connectivity index (χ0n) is 17.1. The maximum absolute atomic E-state index is 13.8. The molecule has 0 aliphatic heterocycles. The van der Waals surface area contributed by atoms with E-state index in [-0.39, 0.29) is 10.7 Å². The first-order valence-electron chi connectivity index (χ1n) is 9.47. The Bertz CT molecular complexity index is 1280. The van der Waals surface area contributed by atoms with E-state index in [1.807, 2.05) is 38.1 Å². The van der Waals surface area contributed by atoms with Crippen molar-refractivity contribution < 1.29 is 19.0 Å². The van der Waals surface area contributed by atoms with Crippen LogP contribution in [0.5, 0.6) is 5.75 Å². The molecule has 4 aromatic rings. The minimum absolute atomic E-state index is 0.0528. The number of aryl methyl sites for hydroxylation is 2. The van der Waals surface area contributed by atoms with Crippen molar-refractivity contribution in [1.82, 2.24) is 9.78 Å². The molecule has 0 radical (unpaired) electrons. The molecule has 0 saturated carbocycles. The number of thiophene rings is 1. The van der Waals surface area contributed by atoms with Gasteiger partial charge in [-0.2, -0.15) is 9.49 Å². The number of anilines is 2. The van der Waals surface area contributed by atoms with E-state index in [1.165, 1.54) is 19.2 Å². The van der Waals surface area contributed by atoms with Crippen LogP contribution in [0.15, 0.2) is 53.9 Å². The van der Waals surface area contributed by atoms with Crippen molar-refractivity contribution in [2.45, 2.75) is 13.8 Å². The van der Waals surface area contributed by atoms with Gasteiger partial charge in [0.1, 0.15) is 11.6 Å². The predicted octanol–water partition coefficient (Wildman–Crippen LogP) is 5.81. The van der Waals surface area contributed by atoms with Crippen LogP contribution >= 0.6 is 11.3 Å². The quantitative estimate of drug-likeness (QED) is 0.398. The van der Waals surface area contributed by atoms with E-state index < -0.39 is 5.97 Å². The highest BCUT2D eigenvalue weighted by Crippen LogP contribution is 2.38. The molecule has 2 aromatic carbocycles. The number of carbonyl (C=O) groups is 1. The molecule has 0 bridgehead atoms. The smallest absolute Gasteiger partial charge is 0.337 e. The summed E-state index contributed by atoms with van der Waals surface area (Å²) in [5.74, 6) is -0.104. The summed E-state index contributed by atoms with van der Waals surface area (Å²) in [5.41, 5.74) is 4.32. The number of halogens is 1. The second kappa shape index (κ2) is 8.23.